The number of carbonyl (C=O) groups excluding carboxylic acids is 1. The van der Waals surface area contributed by atoms with Crippen molar-refractivity contribution in [3.8, 4) is 0 Å². The van der Waals surface area contributed by atoms with E-state index in [-0.39, 0.29) is 4.90 Å². The van der Waals surface area contributed by atoms with E-state index in [4.69, 9.17) is 11.6 Å². The van der Waals surface area contributed by atoms with Crippen molar-refractivity contribution in [1.82, 2.24) is 4.98 Å². The molecule has 3 aromatic carbocycles. The summed E-state index contributed by atoms with van der Waals surface area (Å²) in [6.07, 6.45) is 2.04. The Morgan fingerprint density at radius 3 is 2.66 bits per heavy atom. The predicted octanol–water partition coefficient (Wildman–Crippen LogP) is 4.61. The summed E-state index contributed by atoms with van der Waals surface area (Å²) in [6, 6.07) is 14.1. The van der Waals surface area contributed by atoms with Gasteiger partial charge in [0.2, 0.25) is 5.91 Å². The number of amides is 1. The summed E-state index contributed by atoms with van der Waals surface area (Å²) in [4.78, 5) is 17.0. The van der Waals surface area contributed by atoms with E-state index in [1.54, 1.807) is 0 Å². The van der Waals surface area contributed by atoms with Crippen LogP contribution in [-0.2, 0) is 27.5 Å². The average Bonchev–Trinajstić information content (AvgIpc) is 3.27. The Kier molecular flexibility index (Phi) is 4.34. The van der Waals surface area contributed by atoms with E-state index in [0.717, 1.165) is 28.4 Å². The van der Waals surface area contributed by atoms with Gasteiger partial charge in [-0.25, -0.2) is 13.4 Å². The average molecular weight is 443 g/mol. The van der Waals surface area contributed by atoms with E-state index in [0.29, 0.717) is 10.2 Å². The molecule has 5 rings (SSSR count). The van der Waals surface area contributed by atoms with Crippen LogP contribution in [0.1, 0.15) is 11.1 Å². The molecule has 0 saturated heterocycles. The van der Waals surface area contributed by atoms with Gasteiger partial charge in [-0.2, -0.15) is 0 Å². The van der Waals surface area contributed by atoms with Crippen molar-refractivity contribution in [2.45, 2.75) is 17.7 Å². The SMILES string of the molecule is O=C(CS(=O)(=O)c1ccc(Cl)cc1)Nc1nc2c(cc3c4c(cccc42)CC3)s1. The molecule has 0 spiro atoms. The first-order chi connectivity index (χ1) is 13.9. The van der Waals surface area contributed by atoms with Crippen molar-refractivity contribution in [3.05, 3.63) is 64.7 Å². The van der Waals surface area contributed by atoms with Crippen LogP contribution < -0.4 is 5.32 Å². The van der Waals surface area contributed by atoms with Crippen LogP contribution in [0, 0.1) is 0 Å². The third kappa shape index (κ3) is 3.29. The maximum Gasteiger partial charge on any atom is 0.241 e. The molecule has 29 heavy (non-hydrogen) atoms. The summed E-state index contributed by atoms with van der Waals surface area (Å²) in [5.41, 5.74) is 3.47. The van der Waals surface area contributed by atoms with Gasteiger partial charge in [-0.3, -0.25) is 4.79 Å². The second kappa shape index (κ2) is 6.79. The standard InChI is InChI=1S/C21H15ClN2O3S2/c22-14-6-8-15(9-7-14)29(26,27)11-18(25)23-21-24-20-16-3-1-2-12-4-5-13(19(12)16)10-17(20)28-21/h1-3,6-10H,4-5,11H2,(H,23,24,25). The zero-order chi connectivity index (χ0) is 20.2. The summed E-state index contributed by atoms with van der Waals surface area (Å²) in [7, 11) is -3.76. The minimum absolute atomic E-state index is 0.0617. The molecule has 1 heterocycles. The van der Waals surface area contributed by atoms with Gasteiger partial charge in [0.05, 0.1) is 15.1 Å². The number of fused-ring (bicyclic) bond motifs is 2. The van der Waals surface area contributed by atoms with Gasteiger partial charge in [0.1, 0.15) is 5.75 Å². The smallest absolute Gasteiger partial charge is 0.241 e. The molecule has 0 fully saturated rings. The highest BCUT2D eigenvalue weighted by molar-refractivity contribution is 7.92. The monoisotopic (exact) mass is 442 g/mol. The first-order valence-corrected chi connectivity index (χ1v) is 11.9. The van der Waals surface area contributed by atoms with Crippen molar-refractivity contribution in [1.29, 1.82) is 0 Å². The van der Waals surface area contributed by atoms with Crippen molar-refractivity contribution in [3.63, 3.8) is 0 Å². The quantitative estimate of drug-likeness (QED) is 0.500. The highest BCUT2D eigenvalue weighted by Crippen LogP contribution is 2.39. The van der Waals surface area contributed by atoms with Gasteiger partial charge in [-0.15, -0.1) is 0 Å². The van der Waals surface area contributed by atoms with E-state index in [2.05, 4.69) is 22.4 Å². The number of sulfone groups is 1. The Hall–Kier alpha value is -2.48. The topological polar surface area (TPSA) is 76.1 Å². The summed E-state index contributed by atoms with van der Waals surface area (Å²) in [5.74, 6) is -1.27. The molecule has 0 atom stereocenters. The second-order valence-corrected chi connectivity index (χ2v) is 10.5. The normalized spacial score (nSPS) is 13.3. The van der Waals surface area contributed by atoms with Crippen LogP contribution in [-0.4, -0.2) is 25.1 Å². The molecular weight excluding hydrogens is 428 g/mol. The Bertz CT molecular complexity index is 1390. The highest BCUT2D eigenvalue weighted by atomic mass is 35.5. The van der Waals surface area contributed by atoms with Crippen LogP contribution >= 0.6 is 22.9 Å². The Balaban J connectivity index is 1.43. The summed E-state index contributed by atoms with van der Waals surface area (Å²) in [6.45, 7) is 0. The third-order valence-corrected chi connectivity index (χ3v) is 7.89. The number of aryl methyl sites for hydroxylation is 2. The number of halogens is 1. The molecule has 5 nitrogen and oxygen atoms in total. The first-order valence-electron chi connectivity index (χ1n) is 9.03. The lowest BCUT2D eigenvalue weighted by Gasteiger charge is -2.04. The number of anilines is 1. The number of benzene rings is 3. The van der Waals surface area contributed by atoms with Crippen molar-refractivity contribution in [2.24, 2.45) is 0 Å². The van der Waals surface area contributed by atoms with Crippen molar-refractivity contribution < 1.29 is 13.2 Å². The molecular formula is C21H15ClN2O3S2. The van der Waals surface area contributed by atoms with Gasteiger partial charge >= 0.3 is 0 Å². The van der Waals surface area contributed by atoms with E-state index in [1.807, 2.05) is 12.1 Å². The number of nitrogens with one attached hydrogen (secondary N) is 1. The van der Waals surface area contributed by atoms with Gasteiger partial charge < -0.3 is 5.32 Å². The van der Waals surface area contributed by atoms with Crippen molar-refractivity contribution >= 4 is 64.8 Å². The molecule has 1 aromatic heterocycles. The molecule has 1 amide bonds. The van der Waals surface area contributed by atoms with E-state index in [9.17, 15) is 13.2 Å². The summed E-state index contributed by atoms with van der Waals surface area (Å²) in [5, 5.41) is 5.83. The number of aromatic nitrogens is 1. The number of thiazole rings is 1. The second-order valence-electron chi connectivity index (χ2n) is 7.00. The van der Waals surface area contributed by atoms with E-state index >= 15 is 0 Å². The molecule has 0 radical (unpaired) electrons. The van der Waals surface area contributed by atoms with Gasteiger partial charge in [0, 0.05) is 10.4 Å². The molecule has 4 aromatic rings. The van der Waals surface area contributed by atoms with Gasteiger partial charge in [-0.1, -0.05) is 41.1 Å². The summed E-state index contributed by atoms with van der Waals surface area (Å²) < 4.78 is 25.9. The molecule has 1 aliphatic rings. The minimum atomic E-state index is -3.76. The fourth-order valence-electron chi connectivity index (χ4n) is 3.81. The molecule has 8 heteroatoms. The lowest BCUT2D eigenvalue weighted by molar-refractivity contribution is -0.113. The molecule has 1 aliphatic carbocycles. The zero-order valence-electron chi connectivity index (χ0n) is 15.1. The molecule has 0 aliphatic heterocycles. The first kappa shape index (κ1) is 18.5. The lowest BCUT2D eigenvalue weighted by atomic mass is 10.0. The maximum atomic E-state index is 12.5. The molecule has 0 bridgehead atoms. The van der Waals surface area contributed by atoms with Gasteiger partial charge in [-0.05, 0) is 59.7 Å². The Morgan fingerprint density at radius 1 is 1.10 bits per heavy atom. The van der Waals surface area contributed by atoms with Gasteiger partial charge in [0.25, 0.3) is 0 Å². The molecule has 0 saturated carbocycles. The Morgan fingerprint density at radius 2 is 1.86 bits per heavy atom. The number of rotatable bonds is 4. The predicted molar refractivity (Wildman–Crippen MR) is 117 cm³/mol. The number of nitrogens with zero attached hydrogens (tertiary/aromatic N) is 1. The van der Waals surface area contributed by atoms with Crippen LogP contribution in [0.2, 0.25) is 5.02 Å². The maximum absolute atomic E-state index is 12.5. The van der Waals surface area contributed by atoms with Crippen LogP contribution in [0.5, 0.6) is 0 Å². The molecule has 0 unspecified atom stereocenters. The fraction of sp³-hybridized carbons (Fsp3) is 0.143. The fourth-order valence-corrected chi connectivity index (χ4v) is 6.04. The van der Waals surface area contributed by atoms with Crippen LogP contribution in [0.4, 0.5) is 5.13 Å². The van der Waals surface area contributed by atoms with Crippen LogP contribution in [0.25, 0.3) is 21.0 Å². The Labute approximate surface area is 176 Å². The van der Waals surface area contributed by atoms with Gasteiger partial charge in [0.15, 0.2) is 15.0 Å². The molecule has 1 N–H and O–H groups in total. The van der Waals surface area contributed by atoms with E-state index < -0.39 is 21.5 Å². The molecule has 146 valence electrons. The van der Waals surface area contributed by atoms with E-state index in [1.165, 1.54) is 52.1 Å². The van der Waals surface area contributed by atoms with Crippen LogP contribution in [0.3, 0.4) is 0 Å². The highest BCUT2D eigenvalue weighted by Gasteiger charge is 2.22. The summed E-state index contributed by atoms with van der Waals surface area (Å²) >= 11 is 7.16. The largest absolute Gasteiger partial charge is 0.301 e. The number of carbonyl (C=O) groups is 1. The zero-order valence-corrected chi connectivity index (χ0v) is 17.5. The lowest BCUT2D eigenvalue weighted by Crippen LogP contribution is -2.22. The third-order valence-electron chi connectivity index (χ3n) is 5.09. The van der Waals surface area contributed by atoms with Crippen LogP contribution in [0.15, 0.2) is 53.4 Å². The number of hydrogen-bond donors (Lipinski definition) is 1. The van der Waals surface area contributed by atoms with Crippen molar-refractivity contribution in [2.75, 3.05) is 11.1 Å². The number of hydrogen-bond acceptors (Lipinski definition) is 5. The minimum Gasteiger partial charge on any atom is -0.301 e.